The molecule has 0 unspecified atom stereocenters. The minimum Gasteiger partial charge on any atom is -0.238 e. The average Bonchev–Trinajstić information content (AvgIpc) is 2.34. The highest BCUT2D eigenvalue weighted by Crippen LogP contribution is 2.24. The number of fused-ring (bicyclic) bond motifs is 1. The van der Waals surface area contributed by atoms with Crippen molar-refractivity contribution in [3.63, 3.8) is 0 Å². The topological polar surface area (TPSA) is 15.3 Å². The van der Waals surface area contributed by atoms with Gasteiger partial charge in [0, 0.05) is 6.54 Å². The summed E-state index contributed by atoms with van der Waals surface area (Å²) >= 11 is 4.98. The van der Waals surface area contributed by atoms with Gasteiger partial charge in [-0.05, 0) is 11.6 Å². The summed E-state index contributed by atoms with van der Waals surface area (Å²) in [4.78, 5) is 0. The van der Waals surface area contributed by atoms with Crippen molar-refractivity contribution in [1.29, 1.82) is 0 Å². The van der Waals surface area contributed by atoms with E-state index in [1.165, 1.54) is 5.56 Å². The minimum absolute atomic E-state index is 0.861. The number of rotatable bonds is 0. The first-order valence-corrected chi connectivity index (χ1v) is 3.53. The zero-order valence-electron chi connectivity index (χ0n) is 5.37. The van der Waals surface area contributed by atoms with Gasteiger partial charge in [-0.25, -0.2) is 9.84 Å². The van der Waals surface area contributed by atoms with Gasteiger partial charge in [0.1, 0.15) is 0 Å². The van der Waals surface area contributed by atoms with Gasteiger partial charge in [-0.2, -0.15) is 0 Å². The van der Waals surface area contributed by atoms with Crippen LogP contribution in [-0.2, 0) is 6.54 Å². The van der Waals surface area contributed by atoms with E-state index < -0.39 is 0 Å². The van der Waals surface area contributed by atoms with Gasteiger partial charge in [0.15, 0.2) is 0 Å². The summed E-state index contributed by atoms with van der Waals surface area (Å²) in [6, 6.07) is 8.11. The van der Waals surface area contributed by atoms with E-state index >= 15 is 0 Å². The van der Waals surface area contributed by atoms with Gasteiger partial charge in [-0.3, -0.25) is 0 Å². The van der Waals surface area contributed by atoms with Crippen LogP contribution in [0.3, 0.4) is 0 Å². The van der Waals surface area contributed by atoms with Crippen LogP contribution in [0.4, 0.5) is 5.69 Å². The Labute approximate surface area is 65.4 Å². The molecule has 0 fully saturated rings. The maximum absolute atomic E-state index is 4.98. The molecule has 0 amide bonds. The molecule has 1 N–H and O–H groups in total. The molecule has 1 aromatic carbocycles. The van der Waals surface area contributed by atoms with Gasteiger partial charge < -0.3 is 0 Å². The van der Waals surface area contributed by atoms with Crippen LogP contribution in [0.15, 0.2) is 24.3 Å². The Hall–Kier alpha value is -0.670. The fraction of sp³-hybridized carbons (Fsp3) is 0.143. The number of benzene rings is 1. The molecule has 1 aromatic rings. The van der Waals surface area contributed by atoms with Crippen molar-refractivity contribution in [2.45, 2.75) is 6.54 Å². The Morgan fingerprint density at radius 2 is 2.20 bits per heavy atom. The summed E-state index contributed by atoms with van der Waals surface area (Å²) in [5.41, 5.74) is 5.42. The zero-order valence-corrected chi connectivity index (χ0v) is 6.19. The molecule has 2 nitrogen and oxygen atoms in total. The molecule has 0 saturated heterocycles. The van der Waals surface area contributed by atoms with Crippen LogP contribution in [0, 0.1) is 0 Å². The molecule has 0 bridgehead atoms. The van der Waals surface area contributed by atoms with Crippen LogP contribution in [0.25, 0.3) is 0 Å². The van der Waals surface area contributed by atoms with E-state index in [9.17, 15) is 0 Å². The van der Waals surface area contributed by atoms with E-state index in [2.05, 4.69) is 11.5 Å². The Morgan fingerprint density at radius 1 is 1.40 bits per heavy atom. The SMILES string of the molecule is [S]N1NCc2ccccc21. The predicted octanol–water partition coefficient (Wildman–Crippen LogP) is 1.62. The van der Waals surface area contributed by atoms with Gasteiger partial charge in [0.2, 0.25) is 0 Å². The summed E-state index contributed by atoms with van der Waals surface area (Å²) in [5.74, 6) is 0. The predicted molar refractivity (Wildman–Crippen MR) is 43.4 cm³/mol. The van der Waals surface area contributed by atoms with Crippen molar-refractivity contribution >= 4 is 18.5 Å². The van der Waals surface area contributed by atoms with E-state index in [-0.39, 0.29) is 0 Å². The summed E-state index contributed by atoms with van der Waals surface area (Å²) in [7, 11) is 0. The average molecular weight is 151 g/mol. The molecule has 1 aliphatic heterocycles. The van der Waals surface area contributed by atoms with Gasteiger partial charge in [0.25, 0.3) is 0 Å². The second-order valence-electron chi connectivity index (χ2n) is 2.26. The van der Waals surface area contributed by atoms with Crippen LogP contribution in [0.2, 0.25) is 0 Å². The van der Waals surface area contributed by atoms with E-state index in [1.54, 1.807) is 4.41 Å². The highest BCUT2D eigenvalue weighted by molar-refractivity contribution is 7.81. The van der Waals surface area contributed by atoms with E-state index in [0.717, 1.165) is 12.2 Å². The first kappa shape index (κ1) is 6.07. The van der Waals surface area contributed by atoms with Crippen LogP contribution < -0.4 is 9.84 Å². The smallest absolute Gasteiger partial charge is 0.0703 e. The zero-order chi connectivity index (χ0) is 6.97. The first-order chi connectivity index (χ1) is 4.88. The normalized spacial score (nSPS) is 15.5. The summed E-state index contributed by atoms with van der Waals surface area (Å²) in [6.45, 7) is 0.861. The molecule has 0 aromatic heterocycles. The van der Waals surface area contributed by atoms with E-state index in [0.29, 0.717) is 0 Å². The van der Waals surface area contributed by atoms with E-state index in [1.807, 2.05) is 18.2 Å². The fourth-order valence-corrected chi connectivity index (χ4v) is 1.34. The molecule has 0 saturated carbocycles. The number of hydrogen-bond donors (Lipinski definition) is 1. The summed E-state index contributed by atoms with van der Waals surface area (Å²) in [5, 5.41) is 0. The van der Waals surface area contributed by atoms with Crippen LogP contribution >= 0.6 is 12.8 Å². The number of anilines is 1. The molecular weight excluding hydrogens is 144 g/mol. The molecule has 51 valence electrons. The lowest BCUT2D eigenvalue weighted by atomic mass is 10.2. The van der Waals surface area contributed by atoms with Crippen molar-refractivity contribution in [2.75, 3.05) is 4.41 Å². The van der Waals surface area contributed by atoms with Crippen LogP contribution in [0.1, 0.15) is 5.56 Å². The van der Waals surface area contributed by atoms with Gasteiger partial charge in [-0.15, -0.1) is 0 Å². The van der Waals surface area contributed by atoms with Crippen molar-refractivity contribution < 1.29 is 0 Å². The third-order valence-corrected chi connectivity index (χ3v) is 1.95. The monoisotopic (exact) mass is 151 g/mol. The molecule has 1 heterocycles. The highest BCUT2D eigenvalue weighted by Gasteiger charge is 2.14. The Balaban J connectivity index is 2.51. The number of nitrogens with zero attached hydrogens (tertiary/aromatic N) is 1. The van der Waals surface area contributed by atoms with Crippen LogP contribution in [0.5, 0.6) is 0 Å². The second-order valence-corrected chi connectivity index (χ2v) is 2.62. The molecule has 1 radical (unpaired) electrons. The maximum Gasteiger partial charge on any atom is 0.0703 e. The van der Waals surface area contributed by atoms with Gasteiger partial charge in [0.05, 0.1) is 18.5 Å². The standard InChI is InChI=1S/C7H7N2S/c10-9-7-4-2-1-3-6(7)5-8-9/h1-4,8H,5H2. The molecule has 10 heavy (non-hydrogen) atoms. The summed E-state index contributed by atoms with van der Waals surface area (Å²) < 4.78 is 1.63. The second kappa shape index (κ2) is 2.18. The quantitative estimate of drug-likeness (QED) is 0.606. The van der Waals surface area contributed by atoms with Crippen molar-refractivity contribution in [3.05, 3.63) is 29.8 Å². The van der Waals surface area contributed by atoms with E-state index in [4.69, 9.17) is 12.8 Å². The number of hydrazine groups is 1. The van der Waals surface area contributed by atoms with Gasteiger partial charge >= 0.3 is 0 Å². The van der Waals surface area contributed by atoms with Crippen molar-refractivity contribution in [1.82, 2.24) is 5.43 Å². The molecular formula is C7H7N2S. The van der Waals surface area contributed by atoms with Crippen LogP contribution in [-0.4, -0.2) is 0 Å². The maximum atomic E-state index is 4.98. The van der Waals surface area contributed by atoms with Crippen molar-refractivity contribution in [3.8, 4) is 0 Å². The largest absolute Gasteiger partial charge is 0.238 e. The number of para-hydroxylation sites is 1. The number of nitrogens with one attached hydrogen (secondary N) is 1. The lowest BCUT2D eigenvalue weighted by molar-refractivity contribution is 0.810. The number of hydrogen-bond acceptors (Lipinski definition) is 2. The first-order valence-electron chi connectivity index (χ1n) is 3.16. The molecule has 0 spiro atoms. The van der Waals surface area contributed by atoms with Crippen molar-refractivity contribution in [2.24, 2.45) is 0 Å². The molecule has 2 rings (SSSR count). The summed E-state index contributed by atoms with van der Waals surface area (Å²) in [6.07, 6.45) is 0. The third-order valence-electron chi connectivity index (χ3n) is 1.62. The lowest BCUT2D eigenvalue weighted by Gasteiger charge is -2.06. The van der Waals surface area contributed by atoms with Gasteiger partial charge in [-0.1, -0.05) is 18.2 Å². The highest BCUT2D eigenvalue weighted by atomic mass is 32.1. The fourth-order valence-electron chi connectivity index (χ4n) is 1.10. The minimum atomic E-state index is 0.861. The lowest BCUT2D eigenvalue weighted by Crippen LogP contribution is -2.20. The third kappa shape index (κ3) is 0.786. The molecule has 1 aliphatic rings. The molecule has 0 aliphatic carbocycles. The Bertz CT molecular complexity index is 249. The Morgan fingerprint density at radius 3 is 3.00 bits per heavy atom. The molecule has 0 atom stereocenters. The Kier molecular flexibility index (Phi) is 1.32. The molecule has 3 heteroatoms.